The predicted octanol–water partition coefficient (Wildman–Crippen LogP) is 1.86. The predicted molar refractivity (Wildman–Crippen MR) is 64.1 cm³/mol. The Hall–Kier alpha value is -1.49. The molecule has 1 unspecified atom stereocenters. The second-order valence-corrected chi connectivity index (χ2v) is 4.14. The van der Waals surface area contributed by atoms with E-state index in [4.69, 9.17) is 32.2 Å². The summed E-state index contributed by atoms with van der Waals surface area (Å²) in [7, 11) is 0. The minimum absolute atomic E-state index is 0.0436. The normalized spacial score (nSPS) is 14.6. The zero-order valence-electron chi connectivity index (χ0n) is 8.93. The number of hydrogen-bond donors (Lipinski definition) is 1. The lowest BCUT2D eigenvalue weighted by Gasteiger charge is -2.13. The molecule has 1 atom stereocenters. The van der Waals surface area contributed by atoms with Gasteiger partial charge in [0.15, 0.2) is 11.5 Å². The fourth-order valence-corrected chi connectivity index (χ4v) is 1.74. The van der Waals surface area contributed by atoms with Crippen molar-refractivity contribution in [1.29, 1.82) is 0 Å². The zero-order chi connectivity index (χ0) is 11.5. The highest BCUT2D eigenvalue weighted by Crippen LogP contribution is 2.35. The molecule has 1 heterocycles. The van der Waals surface area contributed by atoms with Crippen LogP contribution in [0.5, 0.6) is 17.2 Å². The maximum Gasteiger partial charge on any atom is 0.231 e. The summed E-state index contributed by atoms with van der Waals surface area (Å²) in [6.07, 6.45) is 0.516. The first kappa shape index (κ1) is 11.0. The van der Waals surface area contributed by atoms with E-state index in [0.717, 1.165) is 11.5 Å². The van der Waals surface area contributed by atoms with Crippen LogP contribution in [0.25, 0.3) is 0 Å². The van der Waals surface area contributed by atoms with E-state index in [1.54, 1.807) is 6.07 Å². The minimum Gasteiger partial charge on any atom is -0.490 e. The van der Waals surface area contributed by atoms with Gasteiger partial charge >= 0.3 is 0 Å². The number of rotatable bonds is 4. The first-order chi connectivity index (χ1) is 7.65. The van der Waals surface area contributed by atoms with Gasteiger partial charge in [0.05, 0.1) is 4.99 Å². The molecule has 1 aromatic rings. The molecule has 86 valence electrons. The average Bonchev–Trinajstić information content (AvgIpc) is 2.63. The van der Waals surface area contributed by atoms with Gasteiger partial charge in [-0.15, -0.1) is 0 Å². The molecule has 2 N–H and O–H groups in total. The lowest BCUT2D eigenvalue weighted by Crippen LogP contribution is -2.20. The third-order valence-corrected chi connectivity index (χ3v) is 2.34. The molecule has 0 aliphatic carbocycles. The maximum atomic E-state index is 5.65. The summed E-state index contributed by atoms with van der Waals surface area (Å²) in [5, 5.41) is 0. The van der Waals surface area contributed by atoms with Crippen LogP contribution in [0.2, 0.25) is 0 Å². The molecule has 0 radical (unpaired) electrons. The van der Waals surface area contributed by atoms with Crippen LogP contribution < -0.4 is 19.9 Å². The van der Waals surface area contributed by atoms with E-state index in [1.165, 1.54) is 0 Å². The molecule has 2 rings (SSSR count). The molecule has 1 aliphatic heterocycles. The number of ether oxygens (including phenoxy) is 3. The number of nitrogens with two attached hydrogens (primary N) is 1. The van der Waals surface area contributed by atoms with Gasteiger partial charge in [-0.1, -0.05) is 12.2 Å². The van der Waals surface area contributed by atoms with Crippen LogP contribution in [0.15, 0.2) is 18.2 Å². The summed E-state index contributed by atoms with van der Waals surface area (Å²) < 4.78 is 16.1. The number of thiocarbonyl (C=S) groups is 1. The van der Waals surface area contributed by atoms with Crippen LogP contribution in [0.3, 0.4) is 0 Å². The first-order valence-corrected chi connectivity index (χ1v) is 5.40. The van der Waals surface area contributed by atoms with Gasteiger partial charge in [0.25, 0.3) is 0 Å². The van der Waals surface area contributed by atoms with E-state index in [-0.39, 0.29) is 12.9 Å². The maximum absolute atomic E-state index is 5.65. The van der Waals surface area contributed by atoms with Gasteiger partial charge in [0.1, 0.15) is 11.9 Å². The Bertz CT molecular complexity index is 408. The fourth-order valence-electron chi connectivity index (χ4n) is 1.51. The third-order valence-electron chi connectivity index (χ3n) is 2.17. The molecule has 16 heavy (non-hydrogen) atoms. The third kappa shape index (κ3) is 2.55. The highest BCUT2D eigenvalue weighted by Gasteiger charge is 2.14. The van der Waals surface area contributed by atoms with Crippen molar-refractivity contribution in [3.8, 4) is 17.2 Å². The van der Waals surface area contributed by atoms with E-state index in [9.17, 15) is 0 Å². The second-order valence-electron chi connectivity index (χ2n) is 3.61. The van der Waals surface area contributed by atoms with Crippen LogP contribution in [0, 0.1) is 0 Å². The van der Waals surface area contributed by atoms with Gasteiger partial charge in [0.2, 0.25) is 6.79 Å². The summed E-state index contributed by atoms with van der Waals surface area (Å²) in [5.41, 5.74) is 5.44. The summed E-state index contributed by atoms with van der Waals surface area (Å²) in [6.45, 7) is 2.19. The quantitative estimate of drug-likeness (QED) is 0.813. The molecule has 0 spiro atoms. The van der Waals surface area contributed by atoms with Crippen molar-refractivity contribution in [1.82, 2.24) is 0 Å². The minimum atomic E-state index is -0.0436. The van der Waals surface area contributed by atoms with Crippen LogP contribution in [-0.4, -0.2) is 17.9 Å². The van der Waals surface area contributed by atoms with Crippen molar-refractivity contribution in [2.24, 2.45) is 5.73 Å². The summed E-state index contributed by atoms with van der Waals surface area (Å²) in [4.78, 5) is 0.452. The van der Waals surface area contributed by atoms with Gasteiger partial charge in [-0.3, -0.25) is 0 Å². The monoisotopic (exact) mass is 239 g/mol. The van der Waals surface area contributed by atoms with Gasteiger partial charge in [-0.05, 0) is 19.1 Å². The molecule has 0 fully saturated rings. The highest BCUT2D eigenvalue weighted by molar-refractivity contribution is 7.80. The Morgan fingerprint density at radius 3 is 3.00 bits per heavy atom. The summed E-state index contributed by atoms with van der Waals surface area (Å²) >= 11 is 4.82. The standard InChI is InChI=1S/C11H13NO3S/c1-7(4-11(12)16)15-8-2-3-9-10(5-8)14-6-13-9/h2-3,5,7H,4,6H2,1H3,(H2,12,16). The summed E-state index contributed by atoms with van der Waals surface area (Å²) in [6, 6.07) is 5.47. The van der Waals surface area contributed by atoms with Gasteiger partial charge in [-0.2, -0.15) is 0 Å². The van der Waals surface area contributed by atoms with Crippen LogP contribution in [0.4, 0.5) is 0 Å². The lowest BCUT2D eigenvalue weighted by atomic mass is 10.2. The Morgan fingerprint density at radius 1 is 1.50 bits per heavy atom. The van der Waals surface area contributed by atoms with E-state index in [2.05, 4.69) is 0 Å². The largest absolute Gasteiger partial charge is 0.490 e. The van der Waals surface area contributed by atoms with Crippen molar-refractivity contribution in [2.75, 3.05) is 6.79 Å². The van der Waals surface area contributed by atoms with Crippen molar-refractivity contribution in [3.63, 3.8) is 0 Å². The molecule has 1 aromatic carbocycles. The Morgan fingerprint density at radius 2 is 2.25 bits per heavy atom. The SMILES string of the molecule is CC(CC(N)=S)Oc1ccc2c(c1)OCO2. The van der Waals surface area contributed by atoms with Crippen LogP contribution in [0.1, 0.15) is 13.3 Å². The Labute approximate surface area is 99.3 Å². The van der Waals surface area contributed by atoms with E-state index < -0.39 is 0 Å². The molecular formula is C11H13NO3S. The number of hydrogen-bond acceptors (Lipinski definition) is 4. The lowest BCUT2D eigenvalue weighted by molar-refractivity contribution is 0.173. The number of fused-ring (bicyclic) bond motifs is 1. The van der Waals surface area contributed by atoms with Crippen LogP contribution >= 0.6 is 12.2 Å². The molecule has 1 aliphatic rings. The van der Waals surface area contributed by atoms with Crippen molar-refractivity contribution in [3.05, 3.63) is 18.2 Å². The Kier molecular flexibility index (Phi) is 3.14. The fraction of sp³-hybridized carbons (Fsp3) is 0.364. The average molecular weight is 239 g/mol. The van der Waals surface area contributed by atoms with Gasteiger partial charge in [-0.25, -0.2) is 0 Å². The van der Waals surface area contributed by atoms with E-state index >= 15 is 0 Å². The van der Waals surface area contributed by atoms with E-state index in [1.807, 2.05) is 19.1 Å². The second kappa shape index (κ2) is 4.57. The van der Waals surface area contributed by atoms with Crippen molar-refractivity contribution in [2.45, 2.75) is 19.4 Å². The molecule has 0 amide bonds. The molecule has 0 aromatic heterocycles. The topological polar surface area (TPSA) is 53.7 Å². The first-order valence-electron chi connectivity index (χ1n) is 5.00. The molecular weight excluding hydrogens is 226 g/mol. The molecule has 0 saturated carbocycles. The molecule has 0 saturated heterocycles. The molecule has 5 heteroatoms. The van der Waals surface area contributed by atoms with Gasteiger partial charge < -0.3 is 19.9 Å². The Balaban J connectivity index is 2.02. The van der Waals surface area contributed by atoms with Crippen LogP contribution in [-0.2, 0) is 0 Å². The van der Waals surface area contributed by atoms with Crippen molar-refractivity contribution >= 4 is 17.2 Å². The summed E-state index contributed by atoms with van der Waals surface area (Å²) in [5.74, 6) is 2.18. The zero-order valence-corrected chi connectivity index (χ0v) is 9.75. The van der Waals surface area contributed by atoms with Gasteiger partial charge in [0, 0.05) is 12.5 Å². The number of benzene rings is 1. The van der Waals surface area contributed by atoms with Crippen molar-refractivity contribution < 1.29 is 14.2 Å². The molecule has 0 bridgehead atoms. The smallest absolute Gasteiger partial charge is 0.231 e. The molecule has 4 nitrogen and oxygen atoms in total. The highest BCUT2D eigenvalue weighted by atomic mass is 32.1. The van der Waals surface area contributed by atoms with E-state index in [0.29, 0.717) is 17.2 Å².